The molecule has 0 aliphatic rings. The van der Waals surface area contributed by atoms with Crippen LogP contribution >= 0.6 is 11.3 Å². The highest BCUT2D eigenvalue weighted by Gasteiger charge is 2.22. The van der Waals surface area contributed by atoms with Crippen molar-refractivity contribution >= 4 is 45.2 Å². The van der Waals surface area contributed by atoms with Gasteiger partial charge in [0.25, 0.3) is 5.91 Å². The smallest absolute Gasteiger partial charge is 0.341 e. The van der Waals surface area contributed by atoms with E-state index in [2.05, 4.69) is 10.5 Å². The molecule has 0 aliphatic carbocycles. The monoisotopic (exact) mass is 402 g/mol. The average molecular weight is 402 g/mol. The normalized spacial score (nSPS) is 10.7. The number of aromatic nitrogens is 1. The first-order chi connectivity index (χ1) is 13.4. The molecule has 8 nitrogen and oxygen atoms in total. The van der Waals surface area contributed by atoms with E-state index in [0.29, 0.717) is 21.8 Å². The third kappa shape index (κ3) is 4.04. The van der Waals surface area contributed by atoms with Crippen molar-refractivity contribution in [1.29, 1.82) is 0 Å². The largest absolute Gasteiger partial charge is 0.465 e. The summed E-state index contributed by atoms with van der Waals surface area (Å²) < 4.78 is 14.9. The van der Waals surface area contributed by atoms with Crippen LogP contribution in [0, 0.1) is 13.8 Å². The molecular weight excluding hydrogens is 384 g/mol. The first kappa shape index (κ1) is 19.6. The van der Waals surface area contributed by atoms with Crippen molar-refractivity contribution < 1.29 is 28.4 Å². The van der Waals surface area contributed by atoms with Gasteiger partial charge in [0.15, 0.2) is 12.2 Å². The van der Waals surface area contributed by atoms with Crippen molar-refractivity contribution in [2.24, 2.45) is 0 Å². The number of para-hydroxylation sites is 1. The Morgan fingerprint density at radius 2 is 1.96 bits per heavy atom. The SMILES string of the molecule is COC(=O)c1c(NC(=O)COC(=O)Cc2noc3ccccc23)sc(C)c1C. The van der Waals surface area contributed by atoms with Gasteiger partial charge in [0.2, 0.25) is 0 Å². The highest BCUT2D eigenvalue weighted by Crippen LogP contribution is 2.32. The lowest BCUT2D eigenvalue weighted by Gasteiger charge is -2.07. The Bertz CT molecular complexity index is 1050. The van der Waals surface area contributed by atoms with E-state index in [-0.39, 0.29) is 6.42 Å². The zero-order valence-electron chi connectivity index (χ0n) is 15.5. The van der Waals surface area contributed by atoms with Crippen LogP contribution in [0.2, 0.25) is 0 Å². The fourth-order valence-corrected chi connectivity index (χ4v) is 3.69. The van der Waals surface area contributed by atoms with E-state index in [9.17, 15) is 14.4 Å². The number of amides is 1. The number of hydrogen-bond acceptors (Lipinski definition) is 8. The van der Waals surface area contributed by atoms with Crippen molar-refractivity contribution in [2.45, 2.75) is 20.3 Å². The number of fused-ring (bicyclic) bond motifs is 1. The summed E-state index contributed by atoms with van der Waals surface area (Å²) in [5, 5.41) is 7.54. The quantitative estimate of drug-likeness (QED) is 0.632. The molecule has 1 amide bonds. The number of nitrogens with zero attached hydrogens (tertiary/aromatic N) is 1. The average Bonchev–Trinajstić information content (AvgIpc) is 3.20. The number of rotatable bonds is 6. The number of aryl methyl sites for hydroxylation is 1. The second kappa shape index (κ2) is 8.22. The Morgan fingerprint density at radius 1 is 1.21 bits per heavy atom. The van der Waals surface area contributed by atoms with Crippen LogP contribution in [-0.2, 0) is 25.5 Å². The van der Waals surface area contributed by atoms with Gasteiger partial charge in [0.05, 0.1) is 19.1 Å². The van der Waals surface area contributed by atoms with Gasteiger partial charge in [-0.05, 0) is 31.5 Å². The summed E-state index contributed by atoms with van der Waals surface area (Å²) in [4.78, 5) is 37.0. The molecule has 2 aromatic heterocycles. The van der Waals surface area contributed by atoms with Crippen LogP contribution in [0.15, 0.2) is 28.8 Å². The predicted molar refractivity (Wildman–Crippen MR) is 102 cm³/mol. The maximum absolute atomic E-state index is 12.1. The van der Waals surface area contributed by atoms with E-state index in [1.807, 2.05) is 13.0 Å². The maximum Gasteiger partial charge on any atom is 0.341 e. The predicted octanol–water partition coefficient (Wildman–Crippen LogP) is 3.02. The summed E-state index contributed by atoms with van der Waals surface area (Å²) in [5.41, 5.74) is 2.06. The van der Waals surface area contributed by atoms with Crippen molar-refractivity contribution in [2.75, 3.05) is 19.0 Å². The van der Waals surface area contributed by atoms with Gasteiger partial charge >= 0.3 is 11.9 Å². The van der Waals surface area contributed by atoms with Gasteiger partial charge in [-0.3, -0.25) is 9.59 Å². The molecule has 0 atom stereocenters. The van der Waals surface area contributed by atoms with Crippen LogP contribution in [0.1, 0.15) is 26.5 Å². The third-order valence-electron chi connectivity index (χ3n) is 4.16. The molecular formula is C19H18N2O6S. The fourth-order valence-electron chi connectivity index (χ4n) is 2.62. The fraction of sp³-hybridized carbons (Fsp3) is 0.263. The molecule has 3 rings (SSSR count). The minimum atomic E-state index is -0.610. The van der Waals surface area contributed by atoms with Crippen LogP contribution in [0.4, 0.5) is 5.00 Å². The molecule has 146 valence electrons. The minimum Gasteiger partial charge on any atom is -0.465 e. The van der Waals surface area contributed by atoms with Gasteiger partial charge in [-0.2, -0.15) is 0 Å². The molecule has 0 spiro atoms. The minimum absolute atomic E-state index is 0.116. The highest BCUT2D eigenvalue weighted by atomic mass is 32.1. The van der Waals surface area contributed by atoms with E-state index in [0.717, 1.165) is 15.8 Å². The lowest BCUT2D eigenvalue weighted by molar-refractivity contribution is -0.146. The Balaban J connectivity index is 1.59. The van der Waals surface area contributed by atoms with E-state index in [1.54, 1.807) is 25.1 Å². The van der Waals surface area contributed by atoms with E-state index < -0.39 is 24.5 Å². The van der Waals surface area contributed by atoms with E-state index in [1.165, 1.54) is 18.4 Å². The van der Waals surface area contributed by atoms with Gasteiger partial charge in [-0.15, -0.1) is 11.3 Å². The molecule has 0 fully saturated rings. The van der Waals surface area contributed by atoms with Gasteiger partial charge in [-0.1, -0.05) is 17.3 Å². The topological polar surface area (TPSA) is 108 Å². The standard InChI is InChI=1S/C19H18N2O6S/c1-10-11(2)28-18(17(10)19(24)25-3)20-15(22)9-26-16(23)8-13-12-6-4-5-7-14(12)27-21-13/h4-7H,8-9H2,1-3H3,(H,20,22). The van der Waals surface area contributed by atoms with Crippen molar-refractivity contribution in [1.82, 2.24) is 5.16 Å². The summed E-state index contributed by atoms with van der Waals surface area (Å²) in [6.07, 6.45) is -0.116. The number of anilines is 1. The molecule has 0 aliphatic heterocycles. The van der Waals surface area contributed by atoms with Crippen LogP contribution in [0.3, 0.4) is 0 Å². The summed E-state index contributed by atoms with van der Waals surface area (Å²) in [6.45, 7) is 3.13. The molecule has 0 bridgehead atoms. The van der Waals surface area contributed by atoms with Gasteiger partial charge in [-0.25, -0.2) is 4.79 Å². The molecule has 0 saturated heterocycles. The Hall–Kier alpha value is -3.20. The van der Waals surface area contributed by atoms with Crippen LogP contribution in [-0.4, -0.2) is 36.7 Å². The first-order valence-electron chi connectivity index (χ1n) is 8.37. The second-order valence-electron chi connectivity index (χ2n) is 5.99. The Morgan fingerprint density at radius 3 is 2.71 bits per heavy atom. The number of benzene rings is 1. The molecule has 28 heavy (non-hydrogen) atoms. The summed E-state index contributed by atoms with van der Waals surface area (Å²) >= 11 is 1.26. The molecule has 9 heteroatoms. The number of esters is 2. The van der Waals surface area contributed by atoms with Crippen LogP contribution in [0.5, 0.6) is 0 Å². The molecule has 0 saturated carbocycles. The lowest BCUT2D eigenvalue weighted by Crippen LogP contribution is -2.22. The lowest BCUT2D eigenvalue weighted by atomic mass is 10.1. The number of nitrogens with one attached hydrogen (secondary N) is 1. The molecule has 1 aromatic carbocycles. The Labute approximate surface area is 164 Å². The third-order valence-corrected chi connectivity index (χ3v) is 5.28. The number of carbonyl (C=O) groups excluding carboxylic acids is 3. The zero-order valence-corrected chi connectivity index (χ0v) is 16.3. The molecule has 1 N–H and O–H groups in total. The van der Waals surface area contributed by atoms with E-state index in [4.69, 9.17) is 14.0 Å². The molecule has 2 heterocycles. The van der Waals surface area contributed by atoms with Gasteiger partial charge < -0.3 is 19.3 Å². The number of ether oxygens (including phenoxy) is 2. The number of carbonyl (C=O) groups is 3. The summed E-state index contributed by atoms with van der Waals surface area (Å²) in [5.74, 6) is -1.70. The summed E-state index contributed by atoms with van der Waals surface area (Å²) in [7, 11) is 1.27. The molecule has 0 radical (unpaired) electrons. The van der Waals surface area contributed by atoms with Gasteiger partial charge in [0, 0.05) is 10.3 Å². The van der Waals surface area contributed by atoms with Crippen molar-refractivity contribution in [3.8, 4) is 0 Å². The van der Waals surface area contributed by atoms with Gasteiger partial charge in [0.1, 0.15) is 10.7 Å². The number of thiophene rings is 1. The van der Waals surface area contributed by atoms with Crippen LogP contribution < -0.4 is 5.32 Å². The van der Waals surface area contributed by atoms with Crippen molar-refractivity contribution in [3.05, 3.63) is 46.0 Å². The highest BCUT2D eigenvalue weighted by molar-refractivity contribution is 7.16. The van der Waals surface area contributed by atoms with E-state index >= 15 is 0 Å². The first-order valence-corrected chi connectivity index (χ1v) is 9.19. The van der Waals surface area contributed by atoms with Crippen LogP contribution in [0.25, 0.3) is 11.0 Å². The molecule has 0 unspecified atom stereocenters. The number of methoxy groups -OCH3 is 1. The zero-order chi connectivity index (χ0) is 20.3. The number of hydrogen-bond donors (Lipinski definition) is 1. The second-order valence-corrected chi connectivity index (χ2v) is 7.21. The Kier molecular flexibility index (Phi) is 5.74. The maximum atomic E-state index is 12.1. The molecule has 3 aromatic rings. The summed E-state index contributed by atoms with van der Waals surface area (Å²) in [6, 6.07) is 7.15. The van der Waals surface area contributed by atoms with Crippen molar-refractivity contribution in [3.63, 3.8) is 0 Å².